The van der Waals surface area contributed by atoms with Crippen LogP contribution in [0.3, 0.4) is 0 Å². The van der Waals surface area contributed by atoms with Crippen molar-refractivity contribution in [2.24, 2.45) is 5.73 Å². The van der Waals surface area contributed by atoms with Gasteiger partial charge in [-0.1, -0.05) is 12.1 Å². The molecule has 0 aliphatic rings. The normalized spacial score (nSPS) is 9.70. The van der Waals surface area contributed by atoms with Crippen molar-refractivity contribution >= 4 is 23.9 Å². The fourth-order valence-electron chi connectivity index (χ4n) is 2.01. The molecule has 0 saturated carbocycles. The summed E-state index contributed by atoms with van der Waals surface area (Å²) in [5.74, 6) is 1.20. The maximum atomic E-state index is 7.45. The third kappa shape index (κ3) is 4.79. The van der Waals surface area contributed by atoms with Crippen LogP contribution in [0.25, 0.3) is 0 Å². The molecule has 0 radical (unpaired) electrons. The van der Waals surface area contributed by atoms with E-state index in [0.29, 0.717) is 23.7 Å². The Balaban J connectivity index is 0.00000264. The molecule has 0 heterocycles. The monoisotopic (exact) mass is 335 g/mol. The lowest BCUT2D eigenvalue weighted by molar-refractivity contribution is 0.284. The Morgan fingerprint density at radius 3 is 2.26 bits per heavy atom. The molecule has 2 aromatic carbocycles. The van der Waals surface area contributed by atoms with Crippen molar-refractivity contribution in [1.82, 2.24) is 0 Å². The number of amidine groups is 1. The summed E-state index contributed by atoms with van der Waals surface area (Å²) in [5, 5.41) is 7.45. The molecule has 0 spiro atoms. The molecule has 0 aromatic heterocycles. The van der Waals surface area contributed by atoms with Crippen molar-refractivity contribution in [3.8, 4) is 11.5 Å². The zero-order valence-corrected chi connectivity index (χ0v) is 14.3. The summed E-state index contributed by atoms with van der Waals surface area (Å²) in [5.41, 5.74) is 8.30. The van der Waals surface area contributed by atoms with Gasteiger partial charge in [-0.2, -0.15) is 0 Å². The van der Waals surface area contributed by atoms with Gasteiger partial charge in [0, 0.05) is 25.3 Å². The van der Waals surface area contributed by atoms with Crippen molar-refractivity contribution < 1.29 is 9.47 Å². The SMILES string of the molecule is COc1cc(C(=N)N)ccc1OCc1ccc(N(C)C)cc1.Cl. The molecular formula is C17H22ClN3O2. The van der Waals surface area contributed by atoms with E-state index in [2.05, 4.69) is 12.1 Å². The lowest BCUT2D eigenvalue weighted by Gasteiger charge is -2.14. The van der Waals surface area contributed by atoms with E-state index in [1.54, 1.807) is 25.3 Å². The lowest BCUT2D eigenvalue weighted by Crippen LogP contribution is -2.11. The molecule has 0 atom stereocenters. The minimum atomic E-state index is 0. The third-order valence-corrected chi connectivity index (χ3v) is 3.32. The minimum Gasteiger partial charge on any atom is -0.493 e. The molecule has 2 aromatic rings. The predicted octanol–water partition coefficient (Wildman–Crippen LogP) is 3.05. The quantitative estimate of drug-likeness (QED) is 0.628. The van der Waals surface area contributed by atoms with Crippen molar-refractivity contribution in [3.05, 3.63) is 53.6 Å². The number of nitrogens with two attached hydrogens (primary N) is 1. The van der Waals surface area contributed by atoms with Crippen molar-refractivity contribution in [2.75, 3.05) is 26.1 Å². The number of nitrogens with one attached hydrogen (secondary N) is 1. The van der Waals surface area contributed by atoms with Crippen LogP contribution in [-0.2, 0) is 6.61 Å². The highest BCUT2D eigenvalue weighted by atomic mass is 35.5. The van der Waals surface area contributed by atoms with Gasteiger partial charge in [0.15, 0.2) is 11.5 Å². The second-order valence-electron chi connectivity index (χ2n) is 5.13. The van der Waals surface area contributed by atoms with Crippen LogP contribution in [0.5, 0.6) is 11.5 Å². The van der Waals surface area contributed by atoms with Crippen LogP contribution in [-0.4, -0.2) is 27.0 Å². The van der Waals surface area contributed by atoms with E-state index in [4.69, 9.17) is 20.6 Å². The van der Waals surface area contributed by atoms with Gasteiger partial charge >= 0.3 is 0 Å². The summed E-state index contributed by atoms with van der Waals surface area (Å²) in [7, 11) is 5.58. The van der Waals surface area contributed by atoms with Gasteiger partial charge in [0.1, 0.15) is 12.4 Å². The van der Waals surface area contributed by atoms with Gasteiger partial charge in [-0.05, 0) is 35.9 Å². The van der Waals surface area contributed by atoms with Gasteiger partial charge < -0.3 is 20.1 Å². The van der Waals surface area contributed by atoms with Crippen LogP contribution in [0.1, 0.15) is 11.1 Å². The predicted molar refractivity (Wildman–Crippen MR) is 96.4 cm³/mol. The molecule has 0 saturated heterocycles. The standard InChI is InChI=1S/C17H21N3O2.ClH/c1-20(2)14-7-4-12(5-8-14)11-22-15-9-6-13(17(18)19)10-16(15)21-3;/h4-10H,11H2,1-3H3,(H3,18,19);1H. The molecule has 5 nitrogen and oxygen atoms in total. The number of benzene rings is 2. The molecule has 0 amide bonds. The van der Waals surface area contributed by atoms with Crippen molar-refractivity contribution in [3.63, 3.8) is 0 Å². The van der Waals surface area contributed by atoms with Crippen LogP contribution >= 0.6 is 12.4 Å². The molecular weight excluding hydrogens is 314 g/mol. The van der Waals surface area contributed by atoms with Crippen LogP contribution in [0.2, 0.25) is 0 Å². The molecule has 0 aliphatic carbocycles. The molecule has 2 rings (SSSR count). The molecule has 0 aliphatic heterocycles. The largest absolute Gasteiger partial charge is 0.493 e. The van der Waals surface area contributed by atoms with E-state index < -0.39 is 0 Å². The number of ether oxygens (including phenoxy) is 2. The number of nitrogen functional groups attached to an aromatic ring is 1. The smallest absolute Gasteiger partial charge is 0.161 e. The van der Waals surface area contributed by atoms with E-state index in [-0.39, 0.29) is 18.2 Å². The van der Waals surface area contributed by atoms with E-state index in [9.17, 15) is 0 Å². The average molecular weight is 336 g/mol. The molecule has 0 bridgehead atoms. The Hall–Kier alpha value is -2.40. The summed E-state index contributed by atoms with van der Waals surface area (Å²) < 4.78 is 11.1. The molecule has 124 valence electrons. The first-order chi connectivity index (χ1) is 10.5. The Bertz CT molecular complexity index is 657. The Kier molecular flexibility index (Phi) is 6.72. The van der Waals surface area contributed by atoms with E-state index in [0.717, 1.165) is 11.3 Å². The Labute approximate surface area is 142 Å². The zero-order valence-electron chi connectivity index (χ0n) is 13.5. The van der Waals surface area contributed by atoms with Crippen molar-refractivity contribution in [1.29, 1.82) is 5.41 Å². The molecule has 3 N–H and O–H groups in total. The summed E-state index contributed by atoms with van der Waals surface area (Å²) >= 11 is 0. The third-order valence-electron chi connectivity index (χ3n) is 3.32. The van der Waals surface area contributed by atoms with Gasteiger partial charge in [-0.15, -0.1) is 12.4 Å². The number of anilines is 1. The molecule has 6 heteroatoms. The molecule has 23 heavy (non-hydrogen) atoms. The number of rotatable bonds is 6. The van der Waals surface area contributed by atoms with E-state index in [1.807, 2.05) is 31.1 Å². The highest BCUT2D eigenvalue weighted by molar-refractivity contribution is 5.95. The number of nitrogens with zero attached hydrogens (tertiary/aromatic N) is 1. The van der Waals surface area contributed by atoms with Crippen molar-refractivity contribution in [2.45, 2.75) is 6.61 Å². The number of halogens is 1. The summed E-state index contributed by atoms with van der Waals surface area (Å²) in [6, 6.07) is 13.4. The highest BCUT2D eigenvalue weighted by Gasteiger charge is 2.07. The van der Waals surface area contributed by atoms with E-state index in [1.165, 1.54) is 0 Å². The number of methoxy groups -OCH3 is 1. The minimum absolute atomic E-state index is 0. The van der Waals surface area contributed by atoms with Gasteiger partial charge in [0.05, 0.1) is 7.11 Å². The summed E-state index contributed by atoms with van der Waals surface area (Å²) in [6.07, 6.45) is 0. The second-order valence-corrected chi connectivity index (χ2v) is 5.13. The summed E-state index contributed by atoms with van der Waals surface area (Å²) in [6.45, 7) is 0.448. The maximum absolute atomic E-state index is 7.45. The van der Waals surface area contributed by atoms with Gasteiger partial charge in [-0.3, -0.25) is 5.41 Å². The van der Waals surface area contributed by atoms with Gasteiger partial charge in [-0.25, -0.2) is 0 Å². The Morgan fingerprint density at radius 1 is 1.09 bits per heavy atom. The second kappa shape index (κ2) is 8.29. The molecule has 0 unspecified atom stereocenters. The van der Waals surface area contributed by atoms with E-state index >= 15 is 0 Å². The first kappa shape index (κ1) is 18.6. The maximum Gasteiger partial charge on any atom is 0.161 e. The van der Waals surface area contributed by atoms with Crippen LogP contribution in [0.4, 0.5) is 5.69 Å². The highest BCUT2D eigenvalue weighted by Crippen LogP contribution is 2.28. The number of hydrogen-bond donors (Lipinski definition) is 2. The first-order valence-corrected chi connectivity index (χ1v) is 6.92. The number of hydrogen-bond acceptors (Lipinski definition) is 4. The fourth-order valence-corrected chi connectivity index (χ4v) is 2.01. The lowest BCUT2D eigenvalue weighted by atomic mass is 10.2. The topological polar surface area (TPSA) is 71.6 Å². The zero-order chi connectivity index (χ0) is 16.1. The fraction of sp³-hybridized carbons (Fsp3) is 0.235. The summed E-state index contributed by atoms with van der Waals surface area (Å²) in [4.78, 5) is 2.05. The van der Waals surface area contributed by atoms with Crippen LogP contribution in [0, 0.1) is 5.41 Å². The Morgan fingerprint density at radius 2 is 1.74 bits per heavy atom. The van der Waals surface area contributed by atoms with Crippen LogP contribution in [0.15, 0.2) is 42.5 Å². The first-order valence-electron chi connectivity index (χ1n) is 6.92. The molecule has 0 fully saturated rings. The van der Waals surface area contributed by atoms with Crippen LogP contribution < -0.4 is 20.1 Å². The van der Waals surface area contributed by atoms with Gasteiger partial charge in [0.25, 0.3) is 0 Å². The van der Waals surface area contributed by atoms with Gasteiger partial charge in [0.2, 0.25) is 0 Å². The average Bonchev–Trinajstić information content (AvgIpc) is 2.52.